The predicted molar refractivity (Wildman–Crippen MR) is 81.7 cm³/mol. The maximum atomic E-state index is 11.8. The number of anilines is 2. The molecule has 112 valence electrons. The molecule has 2 bridgehead atoms. The van der Waals surface area contributed by atoms with E-state index in [4.69, 9.17) is 4.74 Å². The standard InChI is InChI=1S/C16H21N3O2/c20-16-19(9-10-21-16)15-4-2-1-3-13(15)17-14-11-18-7-5-12(14)6-8-18/h1-4,12,14,17H,5-11H2. The first-order chi connectivity index (χ1) is 10.3. The summed E-state index contributed by atoms with van der Waals surface area (Å²) in [4.78, 5) is 16.1. The third-order valence-corrected chi connectivity index (χ3v) is 4.95. The van der Waals surface area contributed by atoms with E-state index in [0.717, 1.165) is 23.8 Å². The Bertz CT molecular complexity index is 540. The van der Waals surface area contributed by atoms with Gasteiger partial charge in [0.15, 0.2) is 0 Å². The largest absolute Gasteiger partial charge is 0.447 e. The Hall–Kier alpha value is -1.75. The Morgan fingerprint density at radius 3 is 2.62 bits per heavy atom. The number of benzene rings is 1. The second-order valence-corrected chi connectivity index (χ2v) is 6.17. The average Bonchev–Trinajstić information content (AvgIpc) is 2.95. The van der Waals surface area contributed by atoms with Crippen LogP contribution in [0.15, 0.2) is 24.3 Å². The lowest BCUT2D eigenvalue weighted by atomic mass is 9.84. The molecule has 5 heteroatoms. The summed E-state index contributed by atoms with van der Waals surface area (Å²) in [5.74, 6) is 0.758. The molecule has 1 amide bonds. The molecule has 1 atom stereocenters. The Kier molecular flexibility index (Phi) is 3.22. The molecule has 0 aliphatic carbocycles. The molecule has 0 spiro atoms. The van der Waals surface area contributed by atoms with E-state index in [9.17, 15) is 4.79 Å². The van der Waals surface area contributed by atoms with Crippen LogP contribution in [0.1, 0.15) is 12.8 Å². The number of rotatable bonds is 3. The number of cyclic esters (lactones) is 1. The SMILES string of the molecule is O=C1OCCN1c1ccccc1NC1CN2CCC1CC2. The normalized spacial score (nSPS) is 31.3. The highest BCUT2D eigenvalue weighted by atomic mass is 16.6. The van der Waals surface area contributed by atoms with E-state index in [1.54, 1.807) is 4.90 Å². The number of amides is 1. The van der Waals surface area contributed by atoms with Gasteiger partial charge >= 0.3 is 6.09 Å². The molecule has 0 saturated carbocycles. The van der Waals surface area contributed by atoms with Crippen LogP contribution in [0.3, 0.4) is 0 Å². The van der Waals surface area contributed by atoms with Crippen molar-refractivity contribution in [1.82, 2.24) is 4.90 Å². The van der Waals surface area contributed by atoms with Crippen molar-refractivity contribution in [3.63, 3.8) is 0 Å². The molecular formula is C16H21N3O2. The minimum atomic E-state index is -0.238. The van der Waals surface area contributed by atoms with Gasteiger partial charge in [0.2, 0.25) is 0 Å². The Morgan fingerprint density at radius 2 is 1.95 bits per heavy atom. The van der Waals surface area contributed by atoms with Gasteiger partial charge in [-0.25, -0.2) is 4.79 Å². The molecule has 1 aromatic carbocycles. The lowest BCUT2D eigenvalue weighted by Crippen LogP contribution is -2.53. The first-order valence-corrected chi connectivity index (χ1v) is 7.83. The van der Waals surface area contributed by atoms with Gasteiger partial charge in [-0.05, 0) is 44.0 Å². The van der Waals surface area contributed by atoms with Crippen molar-refractivity contribution in [3.8, 4) is 0 Å². The van der Waals surface area contributed by atoms with Crippen LogP contribution in [0.5, 0.6) is 0 Å². The summed E-state index contributed by atoms with van der Waals surface area (Å²) in [5.41, 5.74) is 1.99. The van der Waals surface area contributed by atoms with E-state index in [1.807, 2.05) is 18.2 Å². The van der Waals surface area contributed by atoms with Crippen LogP contribution in [0.4, 0.5) is 16.2 Å². The van der Waals surface area contributed by atoms with Crippen molar-refractivity contribution in [1.29, 1.82) is 0 Å². The first-order valence-electron chi connectivity index (χ1n) is 7.83. The van der Waals surface area contributed by atoms with Crippen molar-refractivity contribution in [2.24, 2.45) is 5.92 Å². The fourth-order valence-electron chi connectivity index (χ4n) is 3.77. The molecule has 5 rings (SSSR count). The minimum absolute atomic E-state index is 0.238. The van der Waals surface area contributed by atoms with E-state index in [1.165, 1.54) is 25.9 Å². The maximum Gasteiger partial charge on any atom is 0.414 e. The van der Waals surface area contributed by atoms with E-state index in [0.29, 0.717) is 19.2 Å². The van der Waals surface area contributed by atoms with Gasteiger partial charge in [-0.15, -0.1) is 0 Å². The molecular weight excluding hydrogens is 266 g/mol. The third-order valence-electron chi connectivity index (χ3n) is 4.95. The van der Waals surface area contributed by atoms with Crippen LogP contribution in [-0.4, -0.2) is 49.8 Å². The molecule has 4 aliphatic heterocycles. The molecule has 1 unspecified atom stereocenters. The van der Waals surface area contributed by atoms with Gasteiger partial charge in [0.05, 0.1) is 17.9 Å². The highest BCUT2D eigenvalue weighted by molar-refractivity contribution is 5.93. The summed E-state index contributed by atoms with van der Waals surface area (Å²) >= 11 is 0. The molecule has 4 heterocycles. The minimum Gasteiger partial charge on any atom is -0.447 e. The molecule has 0 aromatic heterocycles. The van der Waals surface area contributed by atoms with Crippen molar-refractivity contribution in [2.45, 2.75) is 18.9 Å². The van der Waals surface area contributed by atoms with Gasteiger partial charge in [0.1, 0.15) is 6.61 Å². The molecule has 21 heavy (non-hydrogen) atoms. The summed E-state index contributed by atoms with van der Waals surface area (Å²) in [6.45, 7) is 4.71. The quantitative estimate of drug-likeness (QED) is 0.925. The van der Waals surface area contributed by atoms with E-state index < -0.39 is 0 Å². The number of nitrogens with one attached hydrogen (secondary N) is 1. The molecule has 1 aromatic rings. The summed E-state index contributed by atoms with van der Waals surface area (Å²) in [7, 11) is 0. The molecule has 0 radical (unpaired) electrons. The van der Waals surface area contributed by atoms with Crippen LogP contribution < -0.4 is 10.2 Å². The van der Waals surface area contributed by atoms with Crippen molar-refractivity contribution in [2.75, 3.05) is 43.0 Å². The van der Waals surface area contributed by atoms with Crippen LogP contribution >= 0.6 is 0 Å². The Balaban J connectivity index is 1.56. The summed E-state index contributed by atoms with van der Waals surface area (Å²) in [6.07, 6.45) is 2.33. The van der Waals surface area contributed by atoms with Gasteiger partial charge in [0.25, 0.3) is 0 Å². The number of hydrogen-bond donors (Lipinski definition) is 1. The number of para-hydroxylation sites is 2. The summed E-state index contributed by atoms with van der Waals surface area (Å²) in [5, 5.41) is 3.69. The second kappa shape index (κ2) is 5.22. The molecule has 4 saturated heterocycles. The fraction of sp³-hybridized carbons (Fsp3) is 0.562. The van der Waals surface area contributed by atoms with Gasteiger partial charge in [-0.2, -0.15) is 0 Å². The number of hydrogen-bond acceptors (Lipinski definition) is 4. The highest BCUT2D eigenvalue weighted by Gasteiger charge is 2.35. The van der Waals surface area contributed by atoms with Gasteiger partial charge in [-0.1, -0.05) is 12.1 Å². The van der Waals surface area contributed by atoms with Crippen LogP contribution in [-0.2, 0) is 4.74 Å². The second-order valence-electron chi connectivity index (χ2n) is 6.17. The zero-order valence-corrected chi connectivity index (χ0v) is 12.1. The zero-order valence-electron chi connectivity index (χ0n) is 12.1. The number of carbonyl (C=O) groups is 1. The van der Waals surface area contributed by atoms with E-state index in [2.05, 4.69) is 16.3 Å². The first kappa shape index (κ1) is 13.0. The monoisotopic (exact) mass is 287 g/mol. The fourth-order valence-corrected chi connectivity index (χ4v) is 3.77. The molecule has 4 fully saturated rings. The smallest absolute Gasteiger partial charge is 0.414 e. The summed E-state index contributed by atoms with van der Waals surface area (Å²) < 4.78 is 5.07. The maximum absolute atomic E-state index is 11.8. The van der Waals surface area contributed by atoms with Gasteiger partial charge < -0.3 is 15.0 Å². The number of fused-ring (bicyclic) bond motifs is 3. The average molecular weight is 287 g/mol. The van der Waals surface area contributed by atoms with Crippen LogP contribution in [0.2, 0.25) is 0 Å². The summed E-state index contributed by atoms with van der Waals surface area (Å²) in [6, 6.07) is 8.55. The highest BCUT2D eigenvalue weighted by Crippen LogP contribution is 2.33. The van der Waals surface area contributed by atoms with Crippen LogP contribution in [0, 0.1) is 5.92 Å². The molecule has 4 aliphatic rings. The van der Waals surface area contributed by atoms with Crippen LogP contribution in [0.25, 0.3) is 0 Å². The van der Waals surface area contributed by atoms with Crippen molar-refractivity contribution < 1.29 is 9.53 Å². The number of piperidine rings is 3. The third kappa shape index (κ3) is 2.35. The molecule has 1 N–H and O–H groups in total. The number of nitrogens with zero attached hydrogens (tertiary/aromatic N) is 2. The van der Waals surface area contributed by atoms with Gasteiger partial charge in [-0.3, -0.25) is 4.90 Å². The Labute approximate surface area is 124 Å². The van der Waals surface area contributed by atoms with E-state index >= 15 is 0 Å². The number of carbonyl (C=O) groups excluding carboxylic acids is 1. The van der Waals surface area contributed by atoms with E-state index in [-0.39, 0.29) is 6.09 Å². The predicted octanol–water partition coefficient (Wildman–Crippen LogP) is 2.15. The topological polar surface area (TPSA) is 44.8 Å². The Morgan fingerprint density at radius 1 is 1.14 bits per heavy atom. The lowest BCUT2D eigenvalue weighted by molar-refractivity contribution is 0.0975. The van der Waals surface area contributed by atoms with Crippen molar-refractivity contribution >= 4 is 17.5 Å². The van der Waals surface area contributed by atoms with Gasteiger partial charge in [0, 0.05) is 12.6 Å². The zero-order chi connectivity index (χ0) is 14.2. The lowest BCUT2D eigenvalue weighted by Gasteiger charge is -2.45. The molecule has 5 nitrogen and oxygen atoms in total. The van der Waals surface area contributed by atoms with Crippen molar-refractivity contribution in [3.05, 3.63) is 24.3 Å². The number of ether oxygens (including phenoxy) is 1.